The molecule has 0 saturated carbocycles. The van der Waals surface area contributed by atoms with Gasteiger partial charge in [0.2, 0.25) is 0 Å². The molecule has 170 valence electrons. The molecule has 0 bridgehead atoms. The number of nitrogens with zero attached hydrogens (tertiary/aromatic N) is 1. The van der Waals surface area contributed by atoms with Crippen LogP contribution in [0.1, 0.15) is 43.8 Å². The molecule has 3 N–H and O–H groups in total. The quantitative estimate of drug-likeness (QED) is 0.301. The fraction of sp³-hybridized carbons (Fsp3) is 0.208. The predicted molar refractivity (Wildman–Crippen MR) is 137 cm³/mol. The molecule has 4 rings (SSSR count). The Balaban J connectivity index is 1.75. The summed E-state index contributed by atoms with van der Waals surface area (Å²) in [7, 11) is 0. The second-order valence-corrected chi connectivity index (χ2v) is 9.82. The number of pyridine rings is 1. The highest BCUT2D eigenvalue weighted by molar-refractivity contribution is 7.21. The second-order valence-electron chi connectivity index (χ2n) is 7.51. The normalized spacial score (nSPS) is 11.1. The van der Waals surface area contributed by atoms with E-state index >= 15 is 0 Å². The molecule has 9 heteroatoms. The first-order chi connectivity index (χ1) is 15.7. The molecule has 0 fully saturated rings. The van der Waals surface area contributed by atoms with E-state index in [1.54, 1.807) is 19.1 Å². The van der Waals surface area contributed by atoms with Gasteiger partial charge in [-0.25, -0.2) is 9.78 Å². The summed E-state index contributed by atoms with van der Waals surface area (Å²) in [5.74, 6) is -0.896. The van der Waals surface area contributed by atoms with Crippen LogP contribution in [0.3, 0.4) is 0 Å². The van der Waals surface area contributed by atoms with Gasteiger partial charge in [-0.1, -0.05) is 23.7 Å². The molecule has 0 aliphatic heterocycles. The Morgan fingerprint density at radius 1 is 1.15 bits per heavy atom. The molecule has 0 aliphatic carbocycles. The summed E-state index contributed by atoms with van der Waals surface area (Å²) in [4.78, 5) is 31.7. The van der Waals surface area contributed by atoms with Crippen LogP contribution >= 0.6 is 34.3 Å². The lowest BCUT2D eigenvalue weighted by Gasteiger charge is -2.09. The number of nitrogens with one attached hydrogen (secondary N) is 1. The topological polar surface area (TPSA) is 94.3 Å². The molecule has 3 aromatic heterocycles. The van der Waals surface area contributed by atoms with Crippen LogP contribution < -0.4 is 11.1 Å². The van der Waals surface area contributed by atoms with Gasteiger partial charge < -0.3 is 15.8 Å². The van der Waals surface area contributed by atoms with Gasteiger partial charge in [-0.3, -0.25) is 4.79 Å². The molecular weight excluding hydrogens is 478 g/mol. The number of carbonyl (C=O) groups is 2. The van der Waals surface area contributed by atoms with Crippen LogP contribution in [0.5, 0.6) is 0 Å². The number of esters is 1. The third kappa shape index (κ3) is 4.21. The van der Waals surface area contributed by atoms with Crippen molar-refractivity contribution in [2.24, 2.45) is 0 Å². The minimum Gasteiger partial charge on any atom is -0.462 e. The minimum absolute atomic E-state index is 0.217. The van der Waals surface area contributed by atoms with Crippen molar-refractivity contribution in [3.05, 3.63) is 61.9 Å². The minimum atomic E-state index is -0.507. The Morgan fingerprint density at radius 3 is 2.52 bits per heavy atom. The molecule has 33 heavy (non-hydrogen) atoms. The molecule has 0 unspecified atom stereocenters. The Morgan fingerprint density at radius 2 is 1.85 bits per heavy atom. The summed E-state index contributed by atoms with van der Waals surface area (Å²) < 4.78 is 5.27. The van der Waals surface area contributed by atoms with Crippen molar-refractivity contribution >= 4 is 67.1 Å². The number of ether oxygens (including phenoxy) is 1. The van der Waals surface area contributed by atoms with E-state index in [0.717, 1.165) is 32.6 Å². The molecule has 0 aliphatic rings. The summed E-state index contributed by atoms with van der Waals surface area (Å²) in [6.07, 6.45) is 0. The number of amides is 1. The number of thiophene rings is 2. The monoisotopic (exact) mass is 499 g/mol. The zero-order valence-corrected chi connectivity index (χ0v) is 20.9. The van der Waals surface area contributed by atoms with Crippen molar-refractivity contribution in [1.82, 2.24) is 4.98 Å². The molecule has 0 spiro atoms. The van der Waals surface area contributed by atoms with Crippen LogP contribution in [-0.2, 0) is 4.74 Å². The molecule has 1 amide bonds. The lowest BCUT2D eigenvalue weighted by Crippen LogP contribution is -2.15. The van der Waals surface area contributed by atoms with Gasteiger partial charge in [0.05, 0.1) is 12.3 Å². The van der Waals surface area contributed by atoms with E-state index in [1.807, 2.05) is 38.3 Å². The van der Waals surface area contributed by atoms with E-state index in [9.17, 15) is 9.59 Å². The Labute approximate surface area is 204 Å². The highest BCUT2D eigenvalue weighted by Crippen LogP contribution is 2.40. The average Bonchev–Trinajstić information content (AvgIpc) is 3.34. The first-order valence-corrected chi connectivity index (χ1v) is 12.3. The van der Waals surface area contributed by atoms with Gasteiger partial charge >= 0.3 is 5.97 Å². The van der Waals surface area contributed by atoms with Crippen LogP contribution in [0.4, 0.5) is 10.7 Å². The van der Waals surface area contributed by atoms with Gasteiger partial charge in [0, 0.05) is 27.0 Å². The van der Waals surface area contributed by atoms with Crippen LogP contribution in [-0.4, -0.2) is 23.5 Å². The zero-order valence-electron chi connectivity index (χ0n) is 18.5. The summed E-state index contributed by atoms with van der Waals surface area (Å²) in [5, 5.41) is 6.48. The summed E-state index contributed by atoms with van der Waals surface area (Å²) in [5.41, 5.74) is 11.5. The fourth-order valence-corrected chi connectivity index (χ4v) is 5.77. The second kappa shape index (κ2) is 9.13. The Kier molecular flexibility index (Phi) is 6.43. The molecule has 0 atom stereocenters. The summed E-state index contributed by atoms with van der Waals surface area (Å²) >= 11 is 8.51. The van der Waals surface area contributed by atoms with Gasteiger partial charge in [0.1, 0.15) is 20.3 Å². The van der Waals surface area contributed by atoms with Crippen molar-refractivity contribution in [3.8, 4) is 11.1 Å². The van der Waals surface area contributed by atoms with Crippen LogP contribution in [0, 0.1) is 20.8 Å². The van der Waals surface area contributed by atoms with Gasteiger partial charge in [0.15, 0.2) is 0 Å². The lowest BCUT2D eigenvalue weighted by molar-refractivity contribution is 0.0529. The molecule has 0 saturated heterocycles. The number of hydrogen-bond acceptors (Lipinski definition) is 7. The van der Waals surface area contributed by atoms with E-state index in [-0.39, 0.29) is 12.5 Å². The maximum Gasteiger partial charge on any atom is 0.341 e. The maximum absolute atomic E-state index is 13.2. The Hall–Kier alpha value is -2.94. The molecule has 6 nitrogen and oxygen atoms in total. The highest BCUT2D eigenvalue weighted by Gasteiger charge is 2.26. The SMILES string of the molecule is CCOC(=O)c1c(-c2ccc(Cl)cc2)csc1NC(=O)c1sc2nc(C)c(C)c(C)c2c1N. The van der Waals surface area contributed by atoms with E-state index < -0.39 is 5.97 Å². The van der Waals surface area contributed by atoms with Crippen molar-refractivity contribution in [2.45, 2.75) is 27.7 Å². The maximum atomic E-state index is 13.2. The highest BCUT2D eigenvalue weighted by atomic mass is 35.5. The number of anilines is 2. The van der Waals surface area contributed by atoms with Crippen LogP contribution in [0.15, 0.2) is 29.6 Å². The van der Waals surface area contributed by atoms with E-state index in [0.29, 0.717) is 31.7 Å². The Bertz CT molecular complexity index is 1390. The number of hydrogen-bond donors (Lipinski definition) is 2. The molecule has 0 radical (unpaired) electrons. The molecular formula is C24H22ClN3O3S2. The van der Waals surface area contributed by atoms with E-state index in [2.05, 4.69) is 10.3 Å². The number of aryl methyl sites for hydroxylation is 2. The smallest absolute Gasteiger partial charge is 0.341 e. The predicted octanol–water partition coefficient (Wildman–Crippen LogP) is 6.61. The molecule has 4 aromatic rings. The first kappa shape index (κ1) is 23.2. The number of carbonyl (C=O) groups excluding carboxylic acids is 2. The summed E-state index contributed by atoms with van der Waals surface area (Å²) in [6, 6.07) is 7.14. The van der Waals surface area contributed by atoms with Crippen molar-refractivity contribution in [2.75, 3.05) is 17.7 Å². The lowest BCUT2D eigenvalue weighted by atomic mass is 10.0. The van der Waals surface area contributed by atoms with Crippen molar-refractivity contribution in [3.63, 3.8) is 0 Å². The molecule has 3 heterocycles. The molecule has 1 aromatic carbocycles. The first-order valence-electron chi connectivity index (χ1n) is 10.2. The number of benzene rings is 1. The van der Waals surface area contributed by atoms with Gasteiger partial charge in [-0.2, -0.15) is 0 Å². The number of nitrogens with two attached hydrogens (primary N) is 1. The van der Waals surface area contributed by atoms with Gasteiger partial charge in [-0.05, 0) is 56.5 Å². The van der Waals surface area contributed by atoms with Crippen molar-refractivity contribution in [1.29, 1.82) is 0 Å². The number of nitrogen functional groups attached to an aromatic ring is 1. The van der Waals surface area contributed by atoms with Crippen molar-refractivity contribution < 1.29 is 14.3 Å². The van der Waals surface area contributed by atoms with Crippen LogP contribution in [0.25, 0.3) is 21.3 Å². The van der Waals surface area contributed by atoms with Crippen LogP contribution in [0.2, 0.25) is 5.02 Å². The number of aromatic nitrogens is 1. The third-order valence-corrected chi connectivity index (χ3v) is 7.78. The zero-order chi connectivity index (χ0) is 23.9. The van der Waals surface area contributed by atoms with Gasteiger partial charge in [-0.15, -0.1) is 22.7 Å². The third-order valence-electron chi connectivity index (χ3n) is 5.54. The number of halogens is 1. The van der Waals surface area contributed by atoms with E-state index in [4.69, 9.17) is 22.1 Å². The summed E-state index contributed by atoms with van der Waals surface area (Å²) in [6.45, 7) is 7.86. The van der Waals surface area contributed by atoms with Gasteiger partial charge in [0.25, 0.3) is 5.91 Å². The largest absolute Gasteiger partial charge is 0.462 e. The number of fused-ring (bicyclic) bond motifs is 1. The average molecular weight is 500 g/mol. The number of rotatable bonds is 5. The standard InChI is InChI=1S/C24H22ClN3O3S2/c1-5-31-24(30)18-16(14-6-8-15(25)9-7-14)10-32-22(18)28-21(29)20-19(26)17-12(3)11(2)13(4)27-23(17)33-20/h6-10H,5,26H2,1-4H3,(H,28,29). The van der Waals surface area contributed by atoms with E-state index in [1.165, 1.54) is 22.7 Å². The fourth-order valence-electron chi connectivity index (χ4n) is 3.59.